The highest BCUT2D eigenvalue weighted by molar-refractivity contribution is 5.66. The van der Waals surface area contributed by atoms with Gasteiger partial charge in [-0.15, -0.1) is 0 Å². The van der Waals surface area contributed by atoms with Crippen molar-refractivity contribution in [3.8, 4) is 0 Å². The lowest BCUT2D eigenvalue weighted by atomic mass is 9.81. The second kappa shape index (κ2) is 17.9. The van der Waals surface area contributed by atoms with Crippen LogP contribution < -0.4 is 5.32 Å². The molecule has 3 N–H and O–H groups in total. The predicted molar refractivity (Wildman–Crippen MR) is 134 cm³/mol. The molecule has 1 rings (SSSR count). The maximum absolute atomic E-state index is 10.3. The number of aliphatic hydroxyl groups is 1. The van der Waals surface area contributed by atoms with Crippen molar-refractivity contribution in [3.63, 3.8) is 0 Å². The number of carboxylic acids is 1. The van der Waals surface area contributed by atoms with Crippen molar-refractivity contribution >= 4 is 5.97 Å². The number of aliphatic carboxylic acids is 1. The first kappa shape index (κ1) is 30.4. The summed E-state index contributed by atoms with van der Waals surface area (Å²) in [5.74, 6) is -0.653. The summed E-state index contributed by atoms with van der Waals surface area (Å²) < 4.78 is 0. The number of piperidine rings is 1. The fourth-order valence-corrected chi connectivity index (χ4v) is 4.92. The van der Waals surface area contributed by atoms with Crippen molar-refractivity contribution in [2.45, 2.75) is 167 Å². The fourth-order valence-electron chi connectivity index (χ4n) is 4.92. The molecule has 0 spiro atoms. The molecule has 0 amide bonds. The second-order valence-corrected chi connectivity index (χ2v) is 11.0. The summed E-state index contributed by atoms with van der Waals surface area (Å²) in [7, 11) is 0. The number of carbonyl (C=O) groups is 1. The summed E-state index contributed by atoms with van der Waals surface area (Å²) in [6.07, 6.45) is 21.8. The summed E-state index contributed by atoms with van der Waals surface area (Å²) in [5.41, 5.74) is 0.169. The molecule has 0 radical (unpaired) electrons. The van der Waals surface area contributed by atoms with Crippen LogP contribution in [0.5, 0.6) is 0 Å². The molecule has 1 aliphatic heterocycles. The van der Waals surface area contributed by atoms with Gasteiger partial charge in [0.05, 0.1) is 6.10 Å². The van der Waals surface area contributed by atoms with Crippen LogP contribution >= 0.6 is 0 Å². The van der Waals surface area contributed by atoms with E-state index in [9.17, 15) is 9.90 Å². The molecule has 0 aromatic carbocycles. The minimum atomic E-state index is -0.653. The third-order valence-corrected chi connectivity index (χ3v) is 6.16. The minimum absolute atomic E-state index is 0.0845. The standard InChI is InChI=1S/C18H36O2.C9H19NO/c1-2-3-4-5-6-7-8-9-10-11-12-13-14-15-16-17-18(19)20;1-8(2)5-7(11)6-9(3,4)10-8/h2-17H2,1H3,(H,19,20);7,10-11H,5-6H2,1-4H3. The molecule has 4 nitrogen and oxygen atoms in total. The molecule has 0 saturated carbocycles. The van der Waals surface area contributed by atoms with Crippen LogP contribution in [-0.4, -0.2) is 33.4 Å². The second-order valence-electron chi connectivity index (χ2n) is 11.0. The number of hydrogen-bond acceptors (Lipinski definition) is 3. The molecule has 0 aromatic rings. The number of hydrogen-bond donors (Lipinski definition) is 3. The highest BCUT2D eigenvalue weighted by atomic mass is 16.4. The summed E-state index contributed by atoms with van der Waals surface area (Å²) in [6.45, 7) is 10.8. The van der Waals surface area contributed by atoms with Gasteiger partial charge in [-0.2, -0.15) is 0 Å². The van der Waals surface area contributed by atoms with Gasteiger partial charge in [0.2, 0.25) is 0 Å². The van der Waals surface area contributed by atoms with Crippen molar-refractivity contribution in [3.05, 3.63) is 0 Å². The van der Waals surface area contributed by atoms with E-state index in [1.165, 1.54) is 83.5 Å². The van der Waals surface area contributed by atoms with Gasteiger partial charge in [-0.25, -0.2) is 0 Å². The smallest absolute Gasteiger partial charge is 0.303 e. The summed E-state index contributed by atoms with van der Waals surface area (Å²) >= 11 is 0. The number of aliphatic hydroxyl groups excluding tert-OH is 1. The van der Waals surface area contributed by atoms with Crippen LogP contribution in [-0.2, 0) is 4.79 Å². The van der Waals surface area contributed by atoms with Gasteiger partial charge in [0.1, 0.15) is 0 Å². The number of carboxylic acid groups (broad SMARTS) is 1. The molecular weight excluding hydrogens is 386 g/mol. The molecule has 186 valence electrons. The molecule has 4 heteroatoms. The Morgan fingerprint density at radius 3 is 1.32 bits per heavy atom. The van der Waals surface area contributed by atoms with Gasteiger partial charge in [-0.3, -0.25) is 4.79 Å². The minimum Gasteiger partial charge on any atom is -0.481 e. The Morgan fingerprint density at radius 1 is 0.710 bits per heavy atom. The van der Waals surface area contributed by atoms with Crippen molar-refractivity contribution in [2.24, 2.45) is 0 Å². The summed E-state index contributed by atoms with van der Waals surface area (Å²) in [4.78, 5) is 10.3. The zero-order chi connectivity index (χ0) is 23.6. The monoisotopic (exact) mass is 441 g/mol. The van der Waals surface area contributed by atoms with Crippen LogP contribution in [0.4, 0.5) is 0 Å². The number of nitrogens with one attached hydrogen (secondary N) is 1. The maximum atomic E-state index is 10.3. The first-order valence-electron chi connectivity index (χ1n) is 13.3. The third kappa shape index (κ3) is 21.0. The molecule has 0 bridgehead atoms. The number of unbranched alkanes of at least 4 members (excludes halogenated alkanes) is 14. The molecule has 1 saturated heterocycles. The van der Waals surface area contributed by atoms with E-state index in [0.717, 1.165) is 25.7 Å². The zero-order valence-corrected chi connectivity index (χ0v) is 21.6. The van der Waals surface area contributed by atoms with Gasteiger partial charge in [-0.1, -0.05) is 96.8 Å². The van der Waals surface area contributed by atoms with E-state index >= 15 is 0 Å². The van der Waals surface area contributed by atoms with E-state index in [4.69, 9.17) is 5.11 Å². The molecule has 0 aromatic heterocycles. The Kier molecular flexibility index (Phi) is 17.5. The van der Waals surface area contributed by atoms with E-state index in [1.54, 1.807) is 0 Å². The van der Waals surface area contributed by atoms with Crippen LogP contribution in [0.25, 0.3) is 0 Å². The first-order chi connectivity index (χ1) is 14.6. The van der Waals surface area contributed by atoms with Crippen LogP contribution in [0.2, 0.25) is 0 Å². The van der Waals surface area contributed by atoms with Crippen LogP contribution in [0.15, 0.2) is 0 Å². The van der Waals surface area contributed by atoms with Gasteiger partial charge in [0.15, 0.2) is 0 Å². The van der Waals surface area contributed by atoms with Gasteiger partial charge in [0.25, 0.3) is 0 Å². The van der Waals surface area contributed by atoms with E-state index in [0.29, 0.717) is 6.42 Å². The average molecular weight is 442 g/mol. The Morgan fingerprint density at radius 2 is 1.03 bits per heavy atom. The van der Waals surface area contributed by atoms with E-state index < -0.39 is 5.97 Å². The molecule has 0 unspecified atom stereocenters. The van der Waals surface area contributed by atoms with Gasteiger partial charge >= 0.3 is 5.97 Å². The predicted octanol–water partition coefficient (Wildman–Crippen LogP) is 7.62. The zero-order valence-electron chi connectivity index (χ0n) is 21.6. The van der Waals surface area contributed by atoms with Gasteiger partial charge < -0.3 is 15.5 Å². The molecule has 1 fully saturated rings. The molecule has 0 aliphatic carbocycles. The molecular formula is C27H55NO3. The van der Waals surface area contributed by atoms with Crippen molar-refractivity contribution in [1.82, 2.24) is 5.32 Å². The van der Waals surface area contributed by atoms with Crippen molar-refractivity contribution in [1.29, 1.82) is 0 Å². The normalized spacial score (nSPS) is 17.7. The van der Waals surface area contributed by atoms with E-state index in [1.807, 2.05) is 0 Å². The SMILES string of the molecule is CC1(C)CC(O)CC(C)(C)N1.CCCCCCCCCCCCCCCCCC(=O)O. The molecule has 1 aliphatic rings. The highest BCUT2D eigenvalue weighted by Crippen LogP contribution is 2.28. The van der Waals surface area contributed by atoms with Gasteiger partial charge in [-0.05, 0) is 47.0 Å². The Labute approximate surface area is 194 Å². The lowest BCUT2D eigenvalue weighted by Crippen LogP contribution is -2.59. The largest absolute Gasteiger partial charge is 0.481 e. The van der Waals surface area contributed by atoms with E-state index in [-0.39, 0.29) is 17.2 Å². The van der Waals surface area contributed by atoms with Crippen molar-refractivity contribution in [2.75, 3.05) is 0 Å². The van der Waals surface area contributed by atoms with Crippen LogP contribution in [0, 0.1) is 0 Å². The number of rotatable bonds is 16. The lowest BCUT2D eigenvalue weighted by molar-refractivity contribution is -0.137. The quantitative estimate of drug-likeness (QED) is 0.215. The van der Waals surface area contributed by atoms with Gasteiger partial charge in [0, 0.05) is 17.5 Å². The van der Waals surface area contributed by atoms with Crippen LogP contribution in [0.3, 0.4) is 0 Å². The molecule has 1 heterocycles. The highest BCUT2D eigenvalue weighted by Gasteiger charge is 2.36. The van der Waals surface area contributed by atoms with Crippen LogP contribution in [0.1, 0.15) is 150 Å². The fraction of sp³-hybridized carbons (Fsp3) is 0.963. The average Bonchev–Trinajstić information content (AvgIpc) is 2.62. The Hall–Kier alpha value is -0.610. The third-order valence-electron chi connectivity index (χ3n) is 6.16. The Balaban J connectivity index is 0.000000683. The maximum Gasteiger partial charge on any atom is 0.303 e. The Bertz CT molecular complexity index is 418. The molecule has 0 atom stereocenters. The first-order valence-corrected chi connectivity index (χ1v) is 13.3. The van der Waals surface area contributed by atoms with Crippen molar-refractivity contribution < 1.29 is 15.0 Å². The van der Waals surface area contributed by atoms with E-state index in [2.05, 4.69) is 39.9 Å². The molecule has 31 heavy (non-hydrogen) atoms. The summed E-state index contributed by atoms with van der Waals surface area (Å²) in [5, 5.41) is 21.6. The topological polar surface area (TPSA) is 69.6 Å². The summed E-state index contributed by atoms with van der Waals surface area (Å²) in [6, 6.07) is 0. The lowest BCUT2D eigenvalue weighted by Gasteiger charge is -2.44.